The summed E-state index contributed by atoms with van der Waals surface area (Å²) in [7, 11) is -3.34. The molecule has 10 heteroatoms. The molecule has 1 aliphatic heterocycles. The Balaban J connectivity index is 1.59. The smallest absolute Gasteiger partial charge is 0.376 e. The summed E-state index contributed by atoms with van der Waals surface area (Å²) in [4.78, 5) is 25.6. The molecule has 0 spiro atoms. The molecule has 1 aliphatic rings. The van der Waals surface area contributed by atoms with Crippen molar-refractivity contribution >= 4 is 23.5 Å². The van der Waals surface area contributed by atoms with Gasteiger partial charge in [0, 0.05) is 22.9 Å². The first-order valence-corrected chi connectivity index (χ1v) is 10.8. The zero-order valence-electron chi connectivity index (χ0n) is 14.6. The van der Waals surface area contributed by atoms with E-state index >= 15 is 0 Å². The molecule has 0 bridgehead atoms. The van der Waals surface area contributed by atoms with Crippen LogP contribution in [0.25, 0.3) is 0 Å². The number of benzene rings is 1. The van der Waals surface area contributed by atoms with Crippen molar-refractivity contribution in [3.05, 3.63) is 73.5 Å². The lowest BCUT2D eigenvalue weighted by Gasteiger charge is -2.19. The number of hydrogen-bond donors (Lipinski definition) is 1. The van der Waals surface area contributed by atoms with Crippen molar-refractivity contribution in [2.75, 3.05) is 13.3 Å². The minimum absolute atomic E-state index is 0.00556. The average Bonchev–Trinajstić information content (AvgIpc) is 3.07. The van der Waals surface area contributed by atoms with Crippen LogP contribution in [0.2, 0.25) is 0 Å². The van der Waals surface area contributed by atoms with Crippen LogP contribution in [0.3, 0.4) is 0 Å². The minimum atomic E-state index is -3.34. The topological polar surface area (TPSA) is 99.6 Å². The van der Waals surface area contributed by atoms with Gasteiger partial charge >= 0.3 is 13.3 Å². The number of hydrogen-bond acceptors (Lipinski definition) is 6. The standard InChI is InChI=1S/C17H18BrN2O6P/c1-11-9-20(17(22)19-16(11)21)15-8-7-14(25-15)10-24-27(2,23)26-13-5-3-12(18)4-6-13/h3-9,14-15H,10H2,1-2H3,(H,19,21,22). The fourth-order valence-electron chi connectivity index (χ4n) is 2.44. The van der Waals surface area contributed by atoms with Crippen LogP contribution in [0.1, 0.15) is 11.8 Å². The van der Waals surface area contributed by atoms with E-state index in [-0.39, 0.29) is 6.61 Å². The quantitative estimate of drug-likeness (QED) is 0.529. The first-order chi connectivity index (χ1) is 12.7. The maximum atomic E-state index is 12.5. The minimum Gasteiger partial charge on any atom is -0.425 e. The largest absolute Gasteiger partial charge is 0.425 e. The van der Waals surface area contributed by atoms with Gasteiger partial charge in [-0.1, -0.05) is 22.0 Å². The van der Waals surface area contributed by atoms with Crippen LogP contribution >= 0.6 is 23.5 Å². The lowest BCUT2D eigenvalue weighted by atomic mass is 10.3. The van der Waals surface area contributed by atoms with E-state index in [1.54, 1.807) is 43.3 Å². The second kappa shape index (κ2) is 7.98. The molecule has 3 unspecified atom stereocenters. The Hall–Kier alpha value is -1.93. The van der Waals surface area contributed by atoms with Crippen molar-refractivity contribution < 1.29 is 18.3 Å². The van der Waals surface area contributed by atoms with E-state index in [4.69, 9.17) is 13.8 Å². The van der Waals surface area contributed by atoms with Gasteiger partial charge in [0.15, 0.2) is 6.23 Å². The van der Waals surface area contributed by atoms with Crippen molar-refractivity contribution in [2.24, 2.45) is 0 Å². The molecule has 2 heterocycles. The van der Waals surface area contributed by atoms with Gasteiger partial charge in [-0.2, -0.15) is 0 Å². The van der Waals surface area contributed by atoms with Crippen LogP contribution in [0.4, 0.5) is 0 Å². The zero-order chi connectivity index (χ0) is 19.6. The van der Waals surface area contributed by atoms with Crippen LogP contribution in [0.15, 0.2) is 56.7 Å². The maximum absolute atomic E-state index is 12.5. The number of nitrogens with zero attached hydrogens (tertiary/aromatic N) is 1. The summed E-state index contributed by atoms with van der Waals surface area (Å²) in [6.45, 7) is 2.97. The van der Waals surface area contributed by atoms with E-state index in [9.17, 15) is 14.2 Å². The summed E-state index contributed by atoms with van der Waals surface area (Å²) in [5.74, 6) is 0.431. The molecule has 1 aromatic heterocycles. The molecule has 0 amide bonds. The monoisotopic (exact) mass is 456 g/mol. The molecule has 2 aromatic rings. The van der Waals surface area contributed by atoms with E-state index in [1.165, 1.54) is 17.4 Å². The lowest BCUT2D eigenvalue weighted by molar-refractivity contribution is -0.00665. The molecule has 0 fully saturated rings. The van der Waals surface area contributed by atoms with Gasteiger partial charge in [-0.15, -0.1) is 0 Å². The molecule has 1 aromatic carbocycles. The number of H-pyrrole nitrogens is 1. The first-order valence-electron chi connectivity index (χ1n) is 8.06. The number of aromatic nitrogens is 2. The summed E-state index contributed by atoms with van der Waals surface area (Å²) in [6.07, 6.45) is 3.63. The van der Waals surface area contributed by atoms with Gasteiger partial charge in [0.25, 0.3) is 5.56 Å². The molecule has 3 rings (SSSR count). The molecule has 1 N–H and O–H groups in total. The van der Waals surface area contributed by atoms with Crippen LogP contribution in [0.5, 0.6) is 5.75 Å². The highest BCUT2D eigenvalue weighted by molar-refractivity contribution is 9.10. The fourth-order valence-corrected chi connectivity index (χ4v) is 3.68. The fraction of sp³-hybridized carbons (Fsp3) is 0.294. The van der Waals surface area contributed by atoms with Crippen LogP contribution in [0, 0.1) is 6.92 Å². The molecule has 0 aliphatic carbocycles. The van der Waals surface area contributed by atoms with Gasteiger partial charge in [-0.05, 0) is 37.3 Å². The second-order valence-electron chi connectivity index (χ2n) is 6.04. The average molecular weight is 457 g/mol. The first kappa shape index (κ1) is 19.8. The third kappa shape index (κ3) is 5.07. The summed E-state index contributed by atoms with van der Waals surface area (Å²) >= 11 is 3.31. The van der Waals surface area contributed by atoms with Crippen molar-refractivity contribution in [3.63, 3.8) is 0 Å². The normalized spacial score (nSPS) is 21.1. The van der Waals surface area contributed by atoms with Gasteiger partial charge in [0.05, 0.1) is 6.61 Å². The highest BCUT2D eigenvalue weighted by atomic mass is 79.9. The van der Waals surface area contributed by atoms with Crippen molar-refractivity contribution in [2.45, 2.75) is 19.3 Å². The number of rotatable bonds is 6. The van der Waals surface area contributed by atoms with E-state index in [0.29, 0.717) is 11.3 Å². The molecule has 0 saturated carbocycles. The molecule has 0 saturated heterocycles. The number of nitrogens with one attached hydrogen (secondary N) is 1. The van der Waals surface area contributed by atoms with Crippen LogP contribution in [-0.4, -0.2) is 28.9 Å². The molecular formula is C17H18BrN2O6P. The van der Waals surface area contributed by atoms with Crippen molar-refractivity contribution in [1.82, 2.24) is 9.55 Å². The maximum Gasteiger partial charge on any atom is 0.376 e. The summed E-state index contributed by atoms with van der Waals surface area (Å²) in [5, 5.41) is 0. The predicted octanol–water partition coefficient (Wildman–Crippen LogP) is 2.98. The van der Waals surface area contributed by atoms with Crippen LogP contribution < -0.4 is 15.8 Å². The van der Waals surface area contributed by atoms with Crippen LogP contribution in [-0.2, 0) is 13.8 Å². The Labute approximate surface area is 163 Å². The summed E-state index contributed by atoms with van der Waals surface area (Å²) in [6, 6.07) is 6.90. The lowest BCUT2D eigenvalue weighted by Crippen LogP contribution is -2.33. The highest BCUT2D eigenvalue weighted by Crippen LogP contribution is 2.45. The SMILES string of the molecule is Cc1cn(C2C=CC(COP(C)(=O)Oc3ccc(Br)cc3)O2)c(=O)[nH]c1=O. The van der Waals surface area contributed by atoms with Crippen molar-refractivity contribution in [3.8, 4) is 5.75 Å². The van der Waals surface area contributed by atoms with Crippen molar-refractivity contribution in [1.29, 1.82) is 0 Å². The molecule has 3 atom stereocenters. The van der Waals surface area contributed by atoms with E-state index in [0.717, 1.165) is 4.47 Å². The number of aryl methyl sites for hydroxylation is 1. The van der Waals surface area contributed by atoms with Gasteiger partial charge in [-0.3, -0.25) is 18.9 Å². The Morgan fingerprint density at radius 3 is 2.67 bits per heavy atom. The molecule has 27 heavy (non-hydrogen) atoms. The van der Waals surface area contributed by atoms with E-state index < -0.39 is 31.2 Å². The molecule has 0 radical (unpaired) electrons. The number of halogens is 1. The zero-order valence-corrected chi connectivity index (χ0v) is 17.1. The summed E-state index contributed by atoms with van der Waals surface area (Å²) < 4.78 is 31.2. The molecule has 144 valence electrons. The Morgan fingerprint density at radius 2 is 1.96 bits per heavy atom. The van der Waals surface area contributed by atoms with E-state index in [1.807, 2.05) is 0 Å². The van der Waals surface area contributed by atoms with Gasteiger partial charge in [0.1, 0.15) is 11.9 Å². The third-order valence-corrected chi connectivity index (χ3v) is 5.47. The molecule has 8 nitrogen and oxygen atoms in total. The van der Waals surface area contributed by atoms with E-state index in [2.05, 4.69) is 20.9 Å². The summed E-state index contributed by atoms with van der Waals surface area (Å²) in [5.41, 5.74) is -0.607. The predicted molar refractivity (Wildman–Crippen MR) is 103 cm³/mol. The molecular weight excluding hydrogens is 439 g/mol. The number of aromatic amines is 1. The highest BCUT2D eigenvalue weighted by Gasteiger charge is 2.26. The van der Waals surface area contributed by atoms with Gasteiger partial charge < -0.3 is 9.26 Å². The number of ether oxygens (including phenoxy) is 1. The Bertz CT molecular complexity index is 1010. The van der Waals surface area contributed by atoms with Gasteiger partial charge in [0.2, 0.25) is 0 Å². The second-order valence-corrected chi connectivity index (χ2v) is 8.94. The Kier molecular flexibility index (Phi) is 5.86. The Morgan fingerprint density at radius 1 is 1.26 bits per heavy atom. The third-order valence-electron chi connectivity index (χ3n) is 3.78. The van der Waals surface area contributed by atoms with Gasteiger partial charge in [-0.25, -0.2) is 9.36 Å².